The summed E-state index contributed by atoms with van der Waals surface area (Å²) in [6.07, 6.45) is 8.76. The second kappa shape index (κ2) is 17.4. The maximum Gasteiger partial charge on any atom is 0.247 e. The van der Waals surface area contributed by atoms with Crippen molar-refractivity contribution in [1.29, 1.82) is 0 Å². The molecule has 1 aromatic heterocycles. The highest BCUT2D eigenvalue weighted by Gasteiger charge is 2.40. The highest BCUT2D eigenvalue weighted by atomic mass is 35.5. The lowest BCUT2D eigenvalue weighted by molar-refractivity contribution is -0.124. The summed E-state index contributed by atoms with van der Waals surface area (Å²) >= 11 is 6.43. The van der Waals surface area contributed by atoms with Gasteiger partial charge in [-0.25, -0.2) is 4.98 Å². The molecule has 3 fully saturated rings. The number of aromatic nitrogens is 2. The Hall–Kier alpha value is -4.35. The Morgan fingerprint density at radius 3 is 2.67 bits per heavy atom. The van der Waals surface area contributed by atoms with Crippen LogP contribution in [0, 0.1) is 29.6 Å². The van der Waals surface area contributed by atoms with Crippen LogP contribution >= 0.6 is 11.6 Å². The van der Waals surface area contributed by atoms with E-state index in [4.69, 9.17) is 16.3 Å². The van der Waals surface area contributed by atoms with Gasteiger partial charge in [0.15, 0.2) is 5.82 Å². The van der Waals surface area contributed by atoms with E-state index in [1.54, 1.807) is 13.3 Å². The molecular weight excluding hydrogens is 676 g/mol. The molecule has 5 atom stereocenters. The molecule has 6 rings (SSSR count). The summed E-state index contributed by atoms with van der Waals surface area (Å²) in [4.78, 5) is 38.4. The lowest BCUT2D eigenvalue weighted by Gasteiger charge is -2.46. The highest BCUT2D eigenvalue weighted by molar-refractivity contribution is 6.32. The van der Waals surface area contributed by atoms with Crippen LogP contribution < -0.4 is 30.9 Å². The van der Waals surface area contributed by atoms with E-state index in [1.165, 1.54) is 31.8 Å². The van der Waals surface area contributed by atoms with Crippen molar-refractivity contribution in [2.75, 3.05) is 67.2 Å². The zero-order valence-electron chi connectivity index (χ0n) is 30.7. The summed E-state index contributed by atoms with van der Waals surface area (Å²) in [6.45, 7) is 13.9. The molecule has 2 bridgehead atoms. The fraction of sp³-hybridized carbons (Fsp3) is 0.500. The van der Waals surface area contributed by atoms with Crippen LogP contribution in [-0.2, 0) is 16.1 Å². The summed E-state index contributed by atoms with van der Waals surface area (Å²) in [7, 11) is 1.65. The van der Waals surface area contributed by atoms with Crippen molar-refractivity contribution < 1.29 is 14.3 Å². The molecule has 2 heterocycles. The van der Waals surface area contributed by atoms with E-state index in [-0.39, 0.29) is 11.8 Å². The SMILES string of the molecule is C=CC(=O)Nc1cccc(CNc2nc(Nc3ccc(N4CCN(CCNC(=O)CC5[C@H]6C[C@@H](C)C[C@H](C6)C[C@@H]5C)CC4)cc3OC)ncc2Cl)c1. The Bertz CT molecular complexity index is 1710. The second-order valence-electron chi connectivity index (χ2n) is 14.8. The van der Waals surface area contributed by atoms with Crippen molar-refractivity contribution in [3.63, 3.8) is 0 Å². The van der Waals surface area contributed by atoms with E-state index in [2.05, 4.69) is 67.5 Å². The van der Waals surface area contributed by atoms with E-state index in [1.807, 2.05) is 36.4 Å². The van der Waals surface area contributed by atoms with Crippen LogP contribution in [0.25, 0.3) is 0 Å². The molecule has 0 radical (unpaired) electrons. The topological polar surface area (TPSA) is 124 Å². The lowest BCUT2D eigenvalue weighted by Crippen LogP contribution is -2.48. The number of amides is 2. The van der Waals surface area contributed by atoms with Gasteiger partial charge in [-0.05, 0) is 91.2 Å². The van der Waals surface area contributed by atoms with Gasteiger partial charge < -0.3 is 30.9 Å². The number of hydrogen-bond donors (Lipinski definition) is 4. The van der Waals surface area contributed by atoms with Gasteiger partial charge in [-0.3, -0.25) is 14.5 Å². The molecule has 1 unspecified atom stereocenters. The third-order valence-electron chi connectivity index (χ3n) is 11.0. The summed E-state index contributed by atoms with van der Waals surface area (Å²) in [5.74, 6) is 5.08. The highest BCUT2D eigenvalue weighted by Crippen LogP contribution is 2.49. The standard InChI is InChI=1S/C40H53ClN8O3/c1-5-37(50)45-31-8-6-7-28(21-31)24-43-39-34(41)25-44-40(47-39)46-35-10-9-32(22-36(35)52-4)49-15-13-48(14-16-49)12-11-42-38(51)23-33-27(3)19-29-17-26(2)18-30(33)20-29/h5-10,21-22,25-27,29-30,33H,1,11-20,23-24H2,2-4H3,(H,42,51)(H,45,50)(H2,43,44,46,47)/t26-,27-,29-,30-,33?/m0/s1. The number of rotatable bonds is 14. The summed E-state index contributed by atoms with van der Waals surface area (Å²) in [5.41, 5.74) is 3.43. The van der Waals surface area contributed by atoms with Crippen LogP contribution in [0.1, 0.15) is 51.5 Å². The zero-order chi connectivity index (χ0) is 36.6. The number of ether oxygens (including phenoxy) is 1. The number of carbonyl (C=O) groups excluding carboxylic acids is 2. The van der Waals surface area contributed by atoms with E-state index >= 15 is 0 Å². The molecule has 2 aliphatic carbocycles. The van der Waals surface area contributed by atoms with Crippen LogP contribution in [0.5, 0.6) is 5.75 Å². The Labute approximate surface area is 312 Å². The van der Waals surface area contributed by atoms with Gasteiger partial charge >= 0.3 is 0 Å². The number of halogens is 1. The Balaban J connectivity index is 0.964. The number of fused-ring (bicyclic) bond motifs is 2. The predicted octanol–water partition coefficient (Wildman–Crippen LogP) is 6.96. The van der Waals surface area contributed by atoms with Crippen molar-refractivity contribution >= 4 is 52.2 Å². The van der Waals surface area contributed by atoms with Crippen molar-refractivity contribution in [2.24, 2.45) is 29.6 Å². The first-order valence-corrected chi connectivity index (χ1v) is 19.0. The second-order valence-corrected chi connectivity index (χ2v) is 15.3. The van der Waals surface area contributed by atoms with Gasteiger partial charge in [0.05, 0.1) is 19.0 Å². The zero-order valence-corrected chi connectivity index (χ0v) is 31.4. The number of piperazine rings is 1. The smallest absolute Gasteiger partial charge is 0.247 e. The van der Waals surface area contributed by atoms with Crippen LogP contribution in [0.4, 0.5) is 28.8 Å². The molecule has 2 saturated carbocycles. The minimum atomic E-state index is -0.269. The molecule has 12 heteroatoms. The molecule has 4 N–H and O–H groups in total. The summed E-state index contributed by atoms with van der Waals surface area (Å²) in [6, 6.07) is 13.6. The van der Waals surface area contributed by atoms with Crippen molar-refractivity contribution in [3.05, 3.63) is 71.9 Å². The van der Waals surface area contributed by atoms with Crippen molar-refractivity contribution in [1.82, 2.24) is 20.2 Å². The number of nitrogens with zero attached hydrogens (tertiary/aromatic N) is 4. The average Bonchev–Trinajstić information content (AvgIpc) is 3.14. The van der Waals surface area contributed by atoms with E-state index in [0.717, 1.165) is 67.4 Å². The third kappa shape index (κ3) is 9.74. The van der Waals surface area contributed by atoms with Gasteiger partial charge in [-0.2, -0.15) is 4.98 Å². The van der Waals surface area contributed by atoms with Crippen LogP contribution in [-0.4, -0.2) is 73.1 Å². The largest absolute Gasteiger partial charge is 0.494 e. The third-order valence-corrected chi connectivity index (χ3v) is 11.3. The minimum absolute atomic E-state index is 0.225. The molecule has 2 aromatic carbocycles. The first kappa shape index (κ1) is 37.4. The fourth-order valence-corrected chi connectivity index (χ4v) is 8.69. The van der Waals surface area contributed by atoms with Gasteiger partial charge in [-0.1, -0.05) is 44.2 Å². The quantitative estimate of drug-likeness (QED) is 0.131. The normalized spacial score (nSPS) is 23.0. The molecule has 0 spiro atoms. The molecule has 11 nitrogen and oxygen atoms in total. The van der Waals surface area contributed by atoms with Gasteiger partial charge in [-0.15, -0.1) is 0 Å². The molecule has 278 valence electrons. The van der Waals surface area contributed by atoms with Crippen LogP contribution in [0.3, 0.4) is 0 Å². The number of anilines is 5. The van der Waals surface area contributed by atoms with E-state index in [0.29, 0.717) is 59.6 Å². The summed E-state index contributed by atoms with van der Waals surface area (Å²) < 4.78 is 5.77. The molecule has 2 amide bonds. The first-order chi connectivity index (χ1) is 25.2. The Kier molecular flexibility index (Phi) is 12.5. The minimum Gasteiger partial charge on any atom is -0.494 e. The number of benzene rings is 2. The van der Waals surface area contributed by atoms with Crippen molar-refractivity contribution in [3.8, 4) is 5.75 Å². The molecule has 1 aliphatic heterocycles. The number of carbonyl (C=O) groups is 2. The van der Waals surface area contributed by atoms with E-state index < -0.39 is 0 Å². The molecule has 1 saturated heterocycles. The van der Waals surface area contributed by atoms with Gasteiger partial charge in [0.25, 0.3) is 0 Å². The molecule has 3 aromatic rings. The predicted molar refractivity (Wildman–Crippen MR) is 209 cm³/mol. The van der Waals surface area contributed by atoms with Crippen molar-refractivity contribution in [2.45, 2.75) is 52.5 Å². The van der Waals surface area contributed by atoms with Gasteiger partial charge in [0.1, 0.15) is 10.8 Å². The first-order valence-electron chi connectivity index (χ1n) is 18.6. The van der Waals surface area contributed by atoms with Crippen LogP contribution in [0.15, 0.2) is 61.3 Å². The van der Waals surface area contributed by atoms with E-state index in [9.17, 15) is 9.59 Å². The maximum absolute atomic E-state index is 13.0. The lowest BCUT2D eigenvalue weighted by atomic mass is 9.59. The number of hydrogen-bond acceptors (Lipinski definition) is 9. The monoisotopic (exact) mass is 728 g/mol. The number of methoxy groups -OCH3 is 1. The molecular formula is C40H53ClN8O3. The average molecular weight is 729 g/mol. The Morgan fingerprint density at radius 2 is 1.88 bits per heavy atom. The number of nitrogens with one attached hydrogen (secondary N) is 4. The molecule has 3 aliphatic rings. The maximum atomic E-state index is 13.0. The Morgan fingerprint density at radius 1 is 1.06 bits per heavy atom. The summed E-state index contributed by atoms with van der Waals surface area (Å²) in [5, 5.41) is 12.9. The fourth-order valence-electron chi connectivity index (χ4n) is 8.54. The molecule has 52 heavy (non-hydrogen) atoms. The van der Waals surface area contributed by atoms with Crippen LogP contribution in [0.2, 0.25) is 5.02 Å². The van der Waals surface area contributed by atoms with Gasteiger partial charge in [0, 0.05) is 69.7 Å². The van der Waals surface area contributed by atoms with Gasteiger partial charge in [0.2, 0.25) is 17.8 Å².